The van der Waals surface area contributed by atoms with E-state index in [1.54, 1.807) is 0 Å². The third kappa shape index (κ3) is 2.35. The van der Waals surface area contributed by atoms with Gasteiger partial charge in [0, 0.05) is 23.4 Å². The number of nitrogens with zero attached hydrogens (tertiary/aromatic N) is 1. The van der Waals surface area contributed by atoms with Crippen molar-refractivity contribution in [3.63, 3.8) is 0 Å². The first-order valence-electron chi connectivity index (χ1n) is 6.10. The van der Waals surface area contributed by atoms with Gasteiger partial charge in [-0.3, -0.25) is 4.79 Å². The largest absolute Gasteiger partial charge is 0.378 e. The third-order valence-electron chi connectivity index (χ3n) is 3.46. The lowest BCUT2D eigenvalue weighted by atomic mass is 10.1. The standard InChI is InChI=1S/C12H16N2O2S/c1-7-5-10(14-17-7)12(15)13-9-6-8(9)11-3-2-4-16-11/h5,8-9,11H,2-4,6H2,1H3,(H,13,15)/t8-,9-,11?/m1/s1. The smallest absolute Gasteiger partial charge is 0.271 e. The minimum absolute atomic E-state index is 0.0418. The molecule has 17 heavy (non-hydrogen) atoms. The lowest BCUT2D eigenvalue weighted by Gasteiger charge is -2.08. The van der Waals surface area contributed by atoms with E-state index in [1.807, 2.05) is 13.0 Å². The van der Waals surface area contributed by atoms with Crippen molar-refractivity contribution in [2.45, 2.75) is 38.3 Å². The summed E-state index contributed by atoms with van der Waals surface area (Å²) in [6.07, 6.45) is 3.73. The van der Waals surface area contributed by atoms with Crippen molar-refractivity contribution in [2.24, 2.45) is 5.92 Å². The molecule has 0 bridgehead atoms. The van der Waals surface area contributed by atoms with Crippen molar-refractivity contribution < 1.29 is 9.53 Å². The van der Waals surface area contributed by atoms with E-state index in [4.69, 9.17) is 4.74 Å². The minimum atomic E-state index is -0.0418. The number of aryl methyl sites for hydroxylation is 1. The van der Waals surface area contributed by atoms with Crippen LogP contribution < -0.4 is 5.32 Å². The molecule has 0 aromatic carbocycles. The third-order valence-corrected chi connectivity index (χ3v) is 4.15. The molecule has 4 nitrogen and oxygen atoms in total. The van der Waals surface area contributed by atoms with Crippen LogP contribution in [0.5, 0.6) is 0 Å². The zero-order valence-electron chi connectivity index (χ0n) is 9.81. The van der Waals surface area contributed by atoms with E-state index in [2.05, 4.69) is 9.69 Å². The Hall–Kier alpha value is -0.940. The molecule has 2 aliphatic rings. The fourth-order valence-electron chi connectivity index (χ4n) is 2.45. The zero-order valence-corrected chi connectivity index (χ0v) is 10.6. The summed E-state index contributed by atoms with van der Waals surface area (Å²) in [5.41, 5.74) is 0.547. The second-order valence-corrected chi connectivity index (χ2v) is 5.86. The highest BCUT2D eigenvalue weighted by Gasteiger charge is 2.45. The van der Waals surface area contributed by atoms with Crippen molar-refractivity contribution in [1.82, 2.24) is 9.69 Å². The van der Waals surface area contributed by atoms with E-state index in [0.717, 1.165) is 30.7 Å². The monoisotopic (exact) mass is 252 g/mol. The van der Waals surface area contributed by atoms with Crippen molar-refractivity contribution >= 4 is 17.4 Å². The SMILES string of the molecule is Cc1cc(C(=O)N[C@@H]2C[C@H]2C2CCCO2)ns1. The lowest BCUT2D eigenvalue weighted by molar-refractivity contribution is 0.0863. The van der Waals surface area contributed by atoms with E-state index in [1.165, 1.54) is 11.5 Å². The Balaban J connectivity index is 1.53. The first-order chi connectivity index (χ1) is 8.24. The number of ether oxygens (including phenoxy) is 1. The Morgan fingerprint density at radius 1 is 1.65 bits per heavy atom. The summed E-state index contributed by atoms with van der Waals surface area (Å²) in [5, 5.41) is 3.04. The second-order valence-electron chi connectivity index (χ2n) is 4.85. The van der Waals surface area contributed by atoms with E-state index in [-0.39, 0.29) is 5.91 Å². The number of nitrogens with one attached hydrogen (secondary N) is 1. The molecule has 1 amide bonds. The molecular formula is C12H16N2O2S. The molecule has 0 spiro atoms. The fourth-order valence-corrected chi connectivity index (χ4v) is 2.99. The highest BCUT2D eigenvalue weighted by atomic mass is 32.1. The van der Waals surface area contributed by atoms with Crippen LogP contribution in [-0.2, 0) is 4.74 Å². The van der Waals surface area contributed by atoms with Crippen LogP contribution in [0, 0.1) is 12.8 Å². The summed E-state index contributed by atoms with van der Waals surface area (Å²) in [6, 6.07) is 2.14. The Bertz CT molecular complexity index is 426. The van der Waals surface area contributed by atoms with Gasteiger partial charge in [-0.1, -0.05) is 0 Å². The molecule has 1 saturated carbocycles. The Labute approximate surface area is 105 Å². The van der Waals surface area contributed by atoms with Crippen LogP contribution in [0.1, 0.15) is 34.6 Å². The summed E-state index contributed by atoms with van der Waals surface area (Å²) >= 11 is 1.37. The quantitative estimate of drug-likeness (QED) is 0.891. The molecule has 0 radical (unpaired) electrons. The lowest BCUT2D eigenvalue weighted by Crippen LogP contribution is -2.29. The van der Waals surface area contributed by atoms with Crippen molar-refractivity contribution in [3.8, 4) is 0 Å². The number of amides is 1. The summed E-state index contributed by atoms with van der Waals surface area (Å²) in [7, 11) is 0. The van der Waals surface area contributed by atoms with Gasteiger partial charge in [-0.05, 0) is 43.8 Å². The first-order valence-corrected chi connectivity index (χ1v) is 6.87. The highest BCUT2D eigenvalue weighted by Crippen LogP contribution is 2.39. The van der Waals surface area contributed by atoms with Gasteiger partial charge in [0.2, 0.25) is 0 Å². The average Bonchev–Trinajstić information content (AvgIpc) is 2.77. The number of carbonyl (C=O) groups is 1. The van der Waals surface area contributed by atoms with Gasteiger partial charge in [-0.2, -0.15) is 4.37 Å². The van der Waals surface area contributed by atoms with Gasteiger partial charge >= 0.3 is 0 Å². The van der Waals surface area contributed by atoms with Gasteiger partial charge < -0.3 is 10.1 Å². The number of aromatic nitrogens is 1. The van der Waals surface area contributed by atoms with Gasteiger partial charge in [0.15, 0.2) is 0 Å². The zero-order chi connectivity index (χ0) is 11.8. The maximum absolute atomic E-state index is 11.9. The molecule has 1 aliphatic carbocycles. The van der Waals surface area contributed by atoms with Crippen LogP contribution in [0.3, 0.4) is 0 Å². The van der Waals surface area contributed by atoms with Crippen LogP contribution in [0.15, 0.2) is 6.07 Å². The minimum Gasteiger partial charge on any atom is -0.378 e. The van der Waals surface area contributed by atoms with Crippen molar-refractivity contribution in [1.29, 1.82) is 0 Å². The van der Waals surface area contributed by atoms with Crippen molar-refractivity contribution in [3.05, 3.63) is 16.6 Å². The van der Waals surface area contributed by atoms with Gasteiger partial charge in [0.1, 0.15) is 5.69 Å². The van der Waals surface area contributed by atoms with E-state index < -0.39 is 0 Å². The molecule has 5 heteroatoms. The van der Waals surface area contributed by atoms with Crippen molar-refractivity contribution in [2.75, 3.05) is 6.61 Å². The number of carbonyl (C=O) groups excluding carboxylic acids is 1. The summed E-state index contributed by atoms with van der Waals surface area (Å²) < 4.78 is 9.75. The number of hydrogen-bond donors (Lipinski definition) is 1. The van der Waals surface area contributed by atoms with Gasteiger partial charge in [-0.15, -0.1) is 0 Å². The molecule has 92 valence electrons. The molecule has 1 aliphatic heterocycles. The predicted molar refractivity (Wildman–Crippen MR) is 65.2 cm³/mol. The Morgan fingerprint density at radius 2 is 2.53 bits per heavy atom. The molecule has 2 heterocycles. The van der Waals surface area contributed by atoms with Crippen LogP contribution in [-0.4, -0.2) is 29.0 Å². The van der Waals surface area contributed by atoms with Crippen LogP contribution in [0.2, 0.25) is 0 Å². The van der Waals surface area contributed by atoms with Crippen LogP contribution in [0.4, 0.5) is 0 Å². The fraction of sp³-hybridized carbons (Fsp3) is 0.667. The number of rotatable bonds is 3. The van der Waals surface area contributed by atoms with E-state index in [0.29, 0.717) is 23.8 Å². The second kappa shape index (κ2) is 4.38. The van der Waals surface area contributed by atoms with E-state index in [9.17, 15) is 4.79 Å². The molecule has 2 fully saturated rings. The van der Waals surface area contributed by atoms with E-state index >= 15 is 0 Å². The summed E-state index contributed by atoms with van der Waals surface area (Å²) in [6.45, 7) is 2.84. The molecule has 1 N–H and O–H groups in total. The predicted octanol–water partition coefficient (Wildman–Crippen LogP) is 1.75. The van der Waals surface area contributed by atoms with Gasteiger partial charge in [-0.25, -0.2) is 0 Å². The first kappa shape index (κ1) is 11.2. The number of hydrogen-bond acceptors (Lipinski definition) is 4. The molecule has 1 unspecified atom stereocenters. The molecular weight excluding hydrogens is 236 g/mol. The molecule has 1 aromatic rings. The highest BCUT2D eigenvalue weighted by molar-refractivity contribution is 7.05. The maximum Gasteiger partial charge on any atom is 0.271 e. The van der Waals surface area contributed by atoms with Crippen LogP contribution in [0.25, 0.3) is 0 Å². The maximum atomic E-state index is 11.9. The Kier molecular flexibility index (Phi) is 2.88. The normalized spacial score (nSPS) is 31.5. The van der Waals surface area contributed by atoms with Gasteiger partial charge in [0.25, 0.3) is 5.91 Å². The summed E-state index contributed by atoms with van der Waals surface area (Å²) in [5.74, 6) is 0.487. The van der Waals surface area contributed by atoms with Gasteiger partial charge in [0.05, 0.1) is 6.10 Å². The molecule has 1 aromatic heterocycles. The Morgan fingerprint density at radius 3 is 3.18 bits per heavy atom. The average molecular weight is 252 g/mol. The molecule has 1 saturated heterocycles. The molecule has 3 rings (SSSR count). The summed E-state index contributed by atoms with van der Waals surface area (Å²) in [4.78, 5) is 12.9. The molecule has 3 atom stereocenters. The topological polar surface area (TPSA) is 51.2 Å². The van der Waals surface area contributed by atoms with Crippen LogP contribution >= 0.6 is 11.5 Å².